The number of hydrogen-bond acceptors (Lipinski definition) is 5. The largest absolute Gasteiger partial charge is 0.496 e. The number of methoxy groups -OCH3 is 1. The van der Waals surface area contributed by atoms with Gasteiger partial charge in [0.2, 0.25) is 11.8 Å². The molecule has 1 aliphatic heterocycles. The number of ether oxygens (including phenoxy) is 1. The Balaban J connectivity index is 1.68. The summed E-state index contributed by atoms with van der Waals surface area (Å²) in [5.41, 5.74) is 0.721. The quantitative estimate of drug-likeness (QED) is 0.859. The van der Waals surface area contributed by atoms with E-state index in [-0.39, 0.29) is 18.2 Å². The predicted molar refractivity (Wildman–Crippen MR) is 84.7 cm³/mol. The van der Waals surface area contributed by atoms with E-state index in [1.165, 1.54) is 0 Å². The highest BCUT2D eigenvalue weighted by molar-refractivity contribution is 6.31. The summed E-state index contributed by atoms with van der Waals surface area (Å²) in [6.07, 6.45) is 1.05. The van der Waals surface area contributed by atoms with Crippen molar-refractivity contribution in [2.24, 2.45) is 0 Å². The second-order valence-corrected chi connectivity index (χ2v) is 6.01. The van der Waals surface area contributed by atoms with Gasteiger partial charge in [0.1, 0.15) is 5.75 Å². The number of aryl methyl sites for hydroxylation is 1. The van der Waals surface area contributed by atoms with Crippen molar-refractivity contribution in [1.82, 2.24) is 15.0 Å². The highest BCUT2D eigenvalue weighted by Gasteiger charge is 2.31. The van der Waals surface area contributed by atoms with Crippen LogP contribution in [0.5, 0.6) is 5.75 Å². The van der Waals surface area contributed by atoms with E-state index in [9.17, 15) is 4.79 Å². The van der Waals surface area contributed by atoms with E-state index in [4.69, 9.17) is 20.9 Å². The summed E-state index contributed by atoms with van der Waals surface area (Å²) in [6, 6.07) is 5.38. The number of halogens is 1. The Labute approximate surface area is 139 Å². The van der Waals surface area contributed by atoms with Crippen molar-refractivity contribution >= 4 is 17.5 Å². The second kappa shape index (κ2) is 6.58. The molecule has 1 fully saturated rings. The first kappa shape index (κ1) is 15.8. The van der Waals surface area contributed by atoms with Crippen LogP contribution in [0.2, 0.25) is 5.02 Å². The van der Waals surface area contributed by atoms with Crippen LogP contribution < -0.4 is 4.74 Å². The van der Waals surface area contributed by atoms with Crippen LogP contribution in [0.15, 0.2) is 22.7 Å². The standard InChI is InChI=1S/C16H18ClN3O3/c1-10-18-16(23-19-10)11-6-7-20(9-11)15(21)8-12-13(17)4-3-5-14(12)22-2/h3-5,11H,6-9H2,1-2H3/t11-/m1/s1. The smallest absolute Gasteiger partial charge is 0.231 e. The molecule has 1 amide bonds. The maximum absolute atomic E-state index is 12.6. The predicted octanol–water partition coefficient (Wildman–Crippen LogP) is 2.60. The maximum atomic E-state index is 12.6. The highest BCUT2D eigenvalue weighted by atomic mass is 35.5. The van der Waals surface area contributed by atoms with Crippen molar-refractivity contribution < 1.29 is 14.1 Å². The number of amides is 1. The van der Waals surface area contributed by atoms with Crippen molar-refractivity contribution in [2.75, 3.05) is 20.2 Å². The molecule has 0 radical (unpaired) electrons. The van der Waals surface area contributed by atoms with Gasteiger partial charge in [-0.05, 0) is 25.5 Å². The normalized spacial score (nSPS) is 17.5. The van der Waals surface area contributed by atoms with Crippen LogP contribution in [0.1, 0.15) is 29.6 Å². The zero-order valence-corrected chi connectivity index (χ0v) is 13.8. The topological polar surface area (TPSA) is 68.5 Å². The molecule has 1 saturated heterocycles. The Morgan fingerprint density at radius 1 is 1.52 bits per heavy atom. The van der Waals surface area contributed by atoms with Gasteiger partial charge in [0, 0.05) is 23.7 Å². The molecule has 1 aromatic carbocycles. The summed E-state index contributed by atoms with van der Waals surface area (Å²) in [4.78, 5) is 18.6. The molecule has 7 heteroatoms. The minimum Gasteiger partial charge on any atom is -0.496 e. The van der Waals surface area contributed by atoms with E-state index in [2.05, 4.69) is 10.1 Å². The van der Waals surface area contributed by atoms with E-state index in [1.807, 2.05) is 11.0 Å². The second-order valence-electron chi connectivity index (χ2n) is 5.60. The molecule has 0 unspecified atom stereocenters. The lowest BCUT2D eigenvalue weighted by molar-refractivity contribution is -0.129. The van der Waals surface area contributed by atoms with Crippen LogP contribution in [-0.4, -0.2) is 41.1 Å². The Morgan fingerprint density at radius 3 is 3.04 bits per heavy atom. The van der Waals surface area contributed by atoms with E-state index in [0.717, 1.165) is 12.0 Å². The molecule has 1 aliphatic rings. The highest BCUT2D eigenvalue weighted by Crippen LogP contribution is 2.30. The Morgan fingerprint density at radius 2 is 2.35 bits per heavy atom. The van der Waals surface area contributed by atoms with Gasteiger partial charge in [0.15, 0.2) is 5.82 Å². The number of nitrogens with zero attached hydrogens (tertiary/aromatic N) is 3. The van der Waals surface area contributed by atoms with Crippen molar-refractivity contribution in [1.29, 1.82) is 0 Å². The van der Waals surface area contributed by atoms with Gasteiger partial charge in [-0.2, -0.15) is 4.98 Å². The summed E-state index contributed by atoms with van der Waals surface area (Å²) in [5.74, 6) is 1.98. The lowest BCUT2D eigenvalue weighted by Crippen LogP contribution is -2.30. The third kappa shape index (κ3) is 3.32. The van der Waals surface area contributed by atoms with Crippen molar-refractivity contribution in [3.05, 3.63) is 40.5 Å². The summed E-state index contributed by atoms with van der Waals surface area (Å²) in [5, 5.41) is 4.35. The lowest BCUT2D eigenvalue weighted by Gasteiger charge is -2.17. The van der Waals surface area contributed by atoms with Crippen LogP contribution >= 0.6 is 11.6 Å². The van der Waals surface area contributed by atoms with Crippen LogP contribution in [0.25, 0.3) is 0 Å². The zero-order valence-electron chi connectivity index (χ0n) is 13.1. The fourth-order valence-corrected chi connectivity index (χ4v) is 3.06. The van der Waals surface area contributed by atoms with Gasteiger partial charge in [0.05, 0.1) is 19.4 Å². The van der Waals surface area contributed by atoms with Crippen LogP contribution in [0.3, 0.4) is 0 Å². The number of rotatable bonds is 4. The summed E-state index contributed by atoms with van der Waals surface area (Å²) in [6.45, 7) is 3.06. The monoisotopic (exact) mass is 335 g/mol. The molecular weight excluding hydrogens is 318 g/mol. The van der Waals surface area contributed by atoms with Gasteiger partial charge in [-0.1, -0.05) is 22.8 Å². The average Bonchev–Trinajstić information content (AvgIpc) is 3.18. The van der Waals surface area contributed by atoms with Crippen LogP contribution in [-0.2, 0) is 11.2 Å². The molecule has 0 aliphatic carbocycles. The van der Waals surface area contributed by atoms with E-state index < -0.39 is 0 Å². The van der Waals surface area contributed by atoms with Gasteiger partial charge in [0.25, 0.3) is 0 Å². The van der Waals surface area contributed by atoms with Gasteiger partial charge < -0.3 is 14.2 Å². The third-order valence-electron chi connectivity index (χ3n) is 4.06. The van der Waals surface area contributed by atoms with Crippen LogP contribution in [0.4, 0.5) is 0 Å². The Kier molecular flexibility index (Phi) is 4.52. The number of benzene rings is 1. The number of carbonyl (C=O) groups is 1. The molecule has 3 rings (SSSR count). The summed E-state index contributed by atoms with van der Waals surface area (Å²) < 4.78 is 10.5. The van der Waals surface area contributed by atoms with Crippen molar-refractivity contribution in [3.8, 4) is 5.75 Å². The van der Waals surface area contributed by atoms with E-state index in [0.29, 0.717) is 35.6 Å². The van der Waals surface area contributed by atoms with Gasteiger partial charge in [-0.15, -0.1) is 0 Å². The molecule has 6 nitrogen and oxygen atoms in total. The lowest BCUT2D eigenvalue weighted by atomic mass is 10.1. The number of likely N-dealkylation sites (tertiary alicyclic amines) is 1. The third-order valence-corrected chi connectivity index (χ3v) is 4.41. The number of carbonyl (C=O) groups excluding carboxylic acids is 1. The Bertz CT molecular complexity index is 716. The molecule has 1 atom stereocenters. The minimum absolute atomic E-state index is 0.0233. The van der Waals surface area contributed by atoms with Crippen molar-refractivity contribution in [2.45, 2.75) is 25.7 Å². The first-order valence-electron chi connectivity index (χ1n) is 7.48. The maximum Gasteiger partial charge on any atom is 0.231 e. The zero-order chi connectivity index (χ0) is 16.4. The van der Waals surface area contributed by atoms with Crippen LogP contribution in [0, 0.1) is 6.92 Å². The fraction of sp³-hybridized carbons (Fsp3) is 0.438. The molecule has 2 aromatic rings. The van der Waals surface area contributed by atoms with E-state index >= 15 is 0 Å². The molecule has 0 spiro atoms. The SMILES string of the molecule is COc1cccc(Cl)c1CC(=O)N1CC[C@@H](c2nc(C)no2)C1. The molecule has 0 N–H and O–H groups in total. The van der Waals surface area contributed by atoms with Crippen molar-refractivity contribution in [3.63, 3.8) is 0 Å². The number of aromatic nitrogens is 2. The minimum atomic E-state index is 0.0233. The van der Waals surface area contributed by atoms with E-state index in [1.54, 1.807) is 26.2 Å². The summed E-state index contributed by atoms with van der Waals surface area (Å²) in [7, 11) is 1.57. The molecule has 122 valence electrons. The Hall–Kier alpha value is -2.08. The molecule has 23 heavy (non-hydrogen) atoms. The molecule has 0 saturated carbocycles. The number of hydrogen-bond donors (Lipinski definition) is 0. The average molecular weight is 336 g/mol. The first-order chi connectivity index (χ1) is 11.1. The summed E-state index contributed by atoms with van der Waals surface area (Å²) >= 11 is 6.20. The molecule has 0 bridgehead atoms. The van der Waals surface area contributed by atoms with Gasteiger partial charge >= 0.3 is 0 Å². The van der Waals surface area contributed by atoms with Gasteiger partial charge in [-0.25, -0.2) is 0 Å². The fourth-order valence-electron chi connectivity index (χ4n) is 2.83. The first-order valence-corrected chi connectivity index (χ1v) is 7.85. The molecular formula is C16H18ClN3O3. The molecule has 1 aromatic heterocycles. The van der Waals surface area contributed by atoms with Gasteiger partial charge in [-0.3, -0.25) is 4.79 Å². The molecule has 2 heterocycles.